The Bertz CT molecular complexity index is 441. The van der Waals surface area contributed by atoms with Crippen molar-refractivity contribution in [2.75, 3.05) is 21.3 Å². The van der Waals surface area contributed by atoms with Gasteiger partial charge in [0, 0.05) is 0 Å². The van der Waals surface area contributed by atoms with E-state index >= 15 is 0 Å². The van der Waals surface area contributed by atoms with Crippen LogP contribution in [0.1, 0.15) is 24.2 Å². The van der Waals surface area contributed by atoms with E-state index in [4.69, 9.17) is 19.1 Å². The second-order valence-electron chi connectivity index (χ2n) is 3.90. The summed E-state index contributed by atoms with van der Waals surface area (Å²) in [5.41, 5.74) is 0.195. The van der Waals surface area contributed by atoms with Gasteiger partial charge >= 0.3 is 5.97 Å². The molecule has 0 unspecified atom stereocenters. The summed E-state index contributed by atoms with van der Waals surface area (Å²) < 4.78 is 15.5. The van der Waals surface area contributed by atoms with Gasteiger partial charge in [0.1, 0.15) is 5.56 Å². The topological polar surface area (TPSA) is 63.2 Å². The standard InChI is InChI=1S/C13H18O6/c1-8(2)18-19-13(14)9-6-7-10(15-3)12(17-5)11(9)16-4/h6-8H,1-5H3. The van der Waals surface area contributed by atoms with Crippen LogP contribution in [0.15, 0.2) is 12.1 Å². The molecular weight excluding hydrogens is 252 g/mol. The van der Waals surface area contributed by atoms with Gasteiger partial charge in [0.15, 0.2) is 11.5 Å². The normalized spacial score (nSPS) is 10.2. The van der Waals surface area contributed by atoms with Crippen LogP contribution in [0.3, 0.4) is 0 Å². The predicted molar refractivity (Wildman–Crippen MR) is 67.7 cm³/mol. The fraction of sp³-hybridized carbons (Fsp3) is 0.462. The van der Waals surface area contributed by atoms with Crippen LogP contribution in [0.25, 0.3) is 0 Å². The van der Waals surface area contributed by atoms with Crippen LogP contribution in [-0.2, 0) is 9.78 Å². The average Bonchev–Trinajstić information content (AvgIpc) is 2.42. The molecule has 0 aliphatic heterocycles. The first kappa shape index (κ1) is 15.1. The maximum absolute atomic E-state index is 11.9. The van der Waals surface area contributed by atoms with E-state index in [0.29, 0.717) is 11.5 Å². The molecule has 0 aliphatic rings. The van der Waals surface area contributed by atoms with Crippen molar-refractivity contribution in [1.29, 1.82) is 0 Å². The summed E-state index contributed by atoms with van der Waals surface area (Å²) in [6, 6.07) is 3.11. The second-order valence-corrected chi connectivity index (χ2v) is 3.90. The minimum absolute atomic E-state index is 0.195. The Hall–Kier alpha value is -1.95. The van der Waals surface area contributed by atoms with Crippen molar-refractivity contribution in [2.24, 2.45) is 0 Å². The lowest BCUT2D eigenvalue weighted by molar-refractivity contribution is -0.265. The molecule has 0 aliphatic carbocycles. The van der Waals surface area contributed by atoms with E-state index in [1.54, 1.807) is 19.9 Å². The number of rotatable bonds is 6. The summed E-state index contributed by atoms with van der Waals surface area (Å²) in [5, 5.41) is 0. The molecule has 6 nitrogen and oxygen atoms in total. The smallest absolute Gasteiger partial charge is 0.376 e. The Morgan fingerprint density at radius 2 is 1.63 bits per heavy atom. The molecule has 0 heterocycles. The van der Waals surface area contributed by atoms with Crippen LogP contribution in [-0.4, -0.2) is 33.4 Å². The molecule has 1 aromatic carbocycles. The zero-order valence-corrected chi connectivity index (χ0v) is 11.7. The Labute approximate surface area is 112 Å². The van der Waals surface area contributed by atoms with Crippen LogP contribution in [0.2, 0.25) is 0 Å². The Balaban J connectivity index is 3.10. The summed E-state index contributed by atoms with van der Waals surface area (Å²) in [7, 11) is 4.38. The van der Waals surface area contributed by atoms with Crippen molar-refractivity contribution in [3.8, 4) is 17.2 Å². The van der Waals surface area contributed by atoms with Crippen molar-refractivity contribution in [1.82, 2.24) is 0 Å². The Kier molecular flexibility index (Phi) is 5.44. The Morgan fingerprint density at radius 1 is 1.00 bits per heavy atom. The zero-order chi connectivity index (χ0) is 14.4. The number of hydrogen-bond acceptors (Lipinski definition) is 6. The highest BCUT2D eigenvalue weighted by atomic mass is 17.2. The van der Waals surface area contributed by atoms with Gasteiger partial charge in [-0.2, -0.15) is 4.89 Å². The molecular formula is C13H18O6. The highest BCUT2D eigenvalue weighted by Gasteiger charge is 2.22. The number of benzene rings is 1. The van der Waals surface area contributed by atoms with Crippen LogP contribution < -0.4 is 14.2 Å². The summed E-state index contributed by atoms with van der Waals surface area (Å²) in [6.07, 6.45) is -0.227. The lowest BCUT2D eigenvalue weighted by Crippen LogP contribution is -2.12. The molecule has 0 saturated carbocycles. The van der Waals surface area contributed by atoms with E-state index in [1.807, 2.05) is 0 Å². The molecule has 1 rings (SSSR count). The SMILES string of the molecule is COc1ccc(C(=O)OOC(C)C)c(OC)c1OC. The fourth-order valence-corrected chi connectivity index (χ4v) is 1.45. The minimum Gasteiger partial charge on any atom is -0.493 e. The maximum atomic E-state index is 11.9. The largest absolute Gasteiger partial charge is 0.493 e. The van der Waals surface area contributed by atoms with E-state index in [1.165, 1.54) is 27.4 Å². The van der Waals surface area contributed by atoms with E-state index in [0.717, 1.165) is 0 Å². The van der Waals surface area contributed by atoms with Gasteiger partial charge in [0.05, 0.1) is 27.4 Å². The first-order valence-corrected chi connectivity index (χ1v) is 5.71. The van der Waals surface area contributed by atoms with Gasteiger partial charge in [-0.3, -0.25) is 4.89 Å². The van der Waals surface area contributed by atoms with Gasteiger partial charge < -0.3 is 14.2 Å². The van der Waals surface area contributed by atoms with Crippen LogP contribution >= 0.6 is 0 Å². The number of methoxy groups -OCH3 is 3. The fourth-order valence-electron chi connectivity index (χ4n) is 1.45. The number of ether oxygens (including phenoxy) is 3. The third kappa shape index (κ3) is 3.51. The van der Waals surface area contributed by atoms with E-state index in [-0.39, 0.29) is 17.4 Å². The number of carbonyl (C=O) groups excluding carboxylic acids is 1. The molecule has 6 heteroatoms. The number of hydrogen-bond donors (Lipinski definition) is 0. The van der Waals surface area contributed by atoms with Gasteiger partial charge in [0.25, 0.3) is 0 Å². The quantitative estimate of drug-likeness (QED) is 0.583. The molecule has 0 radical (unpaired) electrons. The molecule has 0 aromatic heterocycles. The van der Waals surface area contributed by atoms with Crippen molar-refractivity contribution < 1.29 is 28.8 Å². The summed E-state index contributed by atoms with van der Waals surface area (Å²) >= 11 is 0. The summed E-state index contributed by atoms with van der Waals surface area (Å²) in [6.45, 7) is 3.50. The van der Waals surface area contributed by atoms with Crippen LogP contribution in [0.4, 0.5) is 0 Å². The molecule has 19 heavy (non-hydrogen) atoms. The lowest BCUT2D eigenvalue weighted by Gasteiger charge is -2.14. The predicted octanol–water partition coefficient (Wildman–Crippen LogP) is 2.21. The third-order valence-corrected chi connectivity index (χ3v) is 2.24. The van der Waals surface area contributed by atoms with Crippen LogP contribution in [0, 0.1) is 0 Å². The molecule has 0 saturated heterocycles. The van der Waals surface area contributed by atoms with Gasteiger partial charge in [-0.15, -0.1) is 0 Å². The van der Waals surface area contributed by atoms with Gasteiger partial charge in [-0.05, 0) is 26.0 Å². The van der Waals surface area contributed by atoms with Crippen molar-refractivity contribution in [2.45, 2.75) is 20.0 Å². The zero-order valence-electron chi connectivity index (χ0n) is 11.7. The monoisotopic (exact) mass is 270 g/mol. The molecule has 0 N–H and O–H groups in total. The molecule has 1 aromatic rings. The second kappa shape index (κ2) is 6.84. The van der Waals surface area contributed by atoms with E-state index in [9.17, 15) is 4.79 Å². The summed E-state index contributed by atoms with van der Waals surface area (Å²) in [4.78, 5) is 21.4. The molecule has 0 bridgehead atoms. The maximum Gasteiger partial charge on any atom is 0.376 e. The first-order chi connectivity index (χ1) is 9.04. The van der Waals surface area contributed by atoms with E-state index < -0.39 is 5.97 Å². The van der Waals surface area contributed by atoms with Crippen molar-refractivity contribution in [3.63, 3.8) is 0 Å². The van der Waals surface area contributed by atoms with Gasteiger partial charge in [-0.1, -0.05) is 0 Å². The highest BCUT2D eigenvalue weighted by Crippen LogP contribution is 2.39. The number of carbonyl (C=O) groups is 1. The molecule has 0 spiro atoms. The molecule has 106 valence electrons. The van der Waals surface area contributed by atoms with Gasteiger partial charge in [0.2, 0.25) is 5.75 Å². The minimum atomic E-state index is -0.661. The molecule has 0 amide bonds. The first-order valence-electron chi connectivity index (χ1n) is 5.71. The molecule has 0 atom stereocenters. The highest BCUT2D eigenvalue weighted by molar-refractivity contribution is 5.93. The third-order valence-electron chi connectivity index (χ3n) is 2.24. The van der Waals surface area contributed by atoms with Crippen LogP contribution in [0.5, 0.6) is 17.2 Å². The lowest BCUT2D eigenvalue weighted by atomic mass is 10.1. The Morgan fingerprint density at radius 3 is 2.11 bits per heavy atom. The summed E-state index contributed by atoms with van der Waals surface area (Å²) in [5.74, 6) is 0.357. The van der Waals surface area contributed by atoms with Gasteiger partial charge in [-0.25, -0.2) is 4.79 Å². The van der Waals surface area contributed by atoms with Crippen molar-refractivity contribution >= 4 is 5.97 Å². The average molecular weight is 270 g/mol. The molecule has 0 fully saturated rings. The van der Waals surface area contributed by atoms with Crippen molar-refractivity contribution in [3.05, 3.63) is 17.7 Å². The van der Waals surface area contributed by atoms with E-state index in [2.05, 4.69) is 4.89 Å².